The van der Waals surface area contributed by atoms with Gasteiger partial charge in [-0.1, -0.05) is 28.1 Å². The van der Waals surface area contributed by atoms with Crippen molar-refractivity contribution in [3.05, 3.63) is 63.6 Å². The van der Waals surface area contributed by atoms with Crippen molar-refractivity contribution >= 4 is 21.8 Å². The summed E-state index contributed by atoms with van der Waals surface area (Å²) in [6.45, 7) is 1.24. The van der Waals surface area contributed by atoms with Gasteiger partial charge in [-0.15, -0.1) is 0 Å². The van der Waals surface area contributed by atoms with Crippen LogP contribution >= 0.6 is 15.9 Å². The largest absolute Gasteiger partial charge is 0.496 e. The average molecular weight is 389 g/mol. The van der Waals surface area contributed by atoms with E-state index in [4.69, 9.17) is 10.5 Å². The Kier molecular flexibility index (Phi) is 5.21. The molecule has 1 aliphatic heterocycles. The molecule has 0 bridgehead atoms. The van der Waals surface area contributed by atoms with Gasteiger partial charge in [-0.05, 0) is 48.7 Å². The second-order valence-electron chi connectivity index (χ2n) is 5.94. The van der Waals surface area contributed by atoms with E-state index in [2.05, 4.69) is 15.9 Å². The average Bonchev–Trinajstić information content (AvgIpc) is 3.10. The van der Waals surface area contributed by atoms with Crippen LogP contribution in [-0.2, 0) is 6.54 Å². The van der Waals surface area contributed by atoms with Gasteiger partial charge in [-0.3, -0.25) is 4.79 Å². The Morgan fingerprint density at radius 1 is 1.29 bits per heavy atom. The fourth-order valence-corrected chi connectivity index (χ4v) is 3.63. The van der Waals surface area contributed by atoms with Gasteiger partial charge in [0.15, 0.2) is 0 Å². The SMILES string of the molecule is COc1ccc(Br)cc1C1CCCN1C(=O)c1ccc(CN)cc1. The number of amides is 1. The Bertz CT molecular complexity index is 731. The molecule has 2 aromatic carbocycles. The minimum atomic E-state index is 0.0409. The normalized spacial score (nSPS) is 17.1. The van der Waals surface area contributed by atoms with Gasteiger partial charge in [-0.25, -0.2) is 0 Å². The Labute approximate surface area is 150 Å². The Balaban J connectivity index is 1.90. The second-order valence-corrected chi connectivity index (χ2v) is 6.86. The Morgan fingerprint density at radius 3 is 2.71 bits per heavy atom. The third-order valence-electron chi connectivity index (χ3n) is 4.50. The molecule has 4 nitrogen and oxygen atoms in total. The first-order valence-corrected chi connectivity index (χ1v) is 8.86. The van der Waals surface area contributed by atoms with E-state index in [0.717, 1.165) is 40.7 Å². The van der Waals surface area contributed by atoms with Crippen LogP contribution in [0.5, 0.6) is 5.75 Å². The second kappa shape index (κ2) is 7.36. The van der Waals surface area contributed by atoms with Crippen molar-refractivity contribution in [3.63, 3.8) is 0 Å². The molecular weight excluding hydrogens is 368 g/mol. The van der Waals surface area contributed by atoms with E-state index in [1.54, 1.807) is 7.11 Å². The first-order chi connectivity index (χ1) is 11.6. The molecule has 0 radical (unpaired) electrons. The van der Waals surface area contributed by atoms with Crippen molar-refractivity contribution in [2.24, 2.45) is 5.73 Å². The van der Waals surface area contributed by atoms with E-state index in [9.17, 15) is 4.79 Å². The summed E-state index contributed by atoms with van der Waals surface area (Å²) in [6.07, 6.45) is 1.94. The number of benzene rings is 2. The maximum absolute atomic E-state index is 13.0. The standard InChI is InChI=1S/C19H21BrN2O2/c1-24-18-9-8-15(20)11-16(18)17-3-2-10-22(17)19(23)14-6-4-13(12-21)5-7-14/h4-9,11,17H,2-3,10,12,21H2,1H3. The summed E-state index contributed by atoms with van der Waals surface area (Å²) in [5, 5.41) is 0. The predicted molar refractivity (Wildman–Crippen MR) is 98.0 cm³/mol. The highest BCUT2D eigenvalue weighted by atomic mass is 79.9. The highest BCUT2D eigenvalue weighted by molar-refractivity contribution is 9.10. The van der Waals surface area contributed by atoms with Crippen LogP contribution in [0.15, 0.2) is 46.9 Å². The molecule has 1 unspecified atom stereocenters. The number of rotatable bonds is 4. The summed E-state index contributed by atoms with van der Waals surface area (Å²) in [7, 11) is 1.67. The van der Waals surface area contributed by atoms with Gasteiger partial charge >= 0.3 is 0 Å². The molecule has 1 amide bonds. The maximum atomic E-state index is 13.0. The lowest BCUT2D eigenvalue weighted by Crippen LogP contribution is -2.30. The summed E-state index contributed by atoms with van der Waals surface area (Å²) in [5.41, 5.74) is 8.41. The van der Waals surface area contributed by atoms with Crippen molar-refractivity contribution in [2.45, 2.75) is 25.4 Å². The van der Waals surface area contributed by atoms with Crippen molar-refractivity contribution in [1.29, 1.82) is 0 Å². The lowest BCUT2D eigenvalue weighted by atomic mass is 10.0. The molecule has 1 fully saturated rings. The van der Waals surface area contributed by atoms with Crippen LogP contribution in [-0.4, -0.2) is 24.5 Å². The summed E-state index contributed by atoms with van der Waals surface area (Å²) in [5.74, 6) is 0.879. The van der Waals surface area contributed by atoms with Gasteiger partial charge in [0.25, 0.3) is 5.91 Å². The number of carbonyl (C=O) groups is 1. The monoisotopic (exact) mass is 388 g/mol. The number of hydrogen-bond donors (Lipinski definition) is 1. The molecule has 0 aromatic heterocycles. The fraction of sp³-hybridized carbons (Fsp3) is 0.316. The molecule has 2 aromatic rings. The van der Waals surface area contributed by atoms with Gasteiger partial charge in [0.1, 0.15) is 5.75 Å². The molecule has 1 atom stereocenters. The highest BCUT2D eigenvalue weighted by Gasteiger charge is 2.32. The molecule has 3 rings (SSSR count). The first-order valence-electron chi connectivity index (χ1n) is 8.07. The number of likely N-dealkylation sites (tertiary alicyclic amines) is 1. The van der Waals surface area contributed by atoms with E-state index in [1.807, 2.05) is 47.4 Å². The van der Waals surface area contributed by atoms with Gasteiger partial charge < -0.3 is 15.4 Å². The van der Waals surface area contributed by atoms with Gasteiger partial charge in [0.2, 0.25) is 0 Å². The van der Waals surface area contributed by atoms with Gasteiger partial charge in [0, 0.05) is 28.7 Å². The minimum absolute atomic E-state index is 0.0409. The highest BCUT2D eigenvalue weighted by Crippen LogP contribution is 2.39. The molecule has 24 heavy (non-hydrogen) atoms. The lowest BCUT2D eigenvalue weighted by molar-refractivity contribution is 0.0734. The number of hydrogen-bond acceptors (Lipinski definition) is 3. The Morgan fingerprint density at radius 2 is 2.04 bits per heavy atom. The fourth-order valence-electron chi connectivity index (χ4n) is 3.25. The van der Waals surface area contributed by atoms with Crippen molar-refractivity contribution < 1.29 is 9.53 Å². The zero-order valence-electron chi connectivity index (χ0n) is 13.7. The van der Waals surface area contributed by atoms with Crippen LogP contribution in [0.4, 0.5) is 0 Å². The number of methoxy groups -OCH3 is 1. The van der Waals surface area contributed by atoms with Crippen molar-refractivity contribution in [3.8, 4) is 5.75 Å². The first kappa shape index (κ1) is 17.0. The number of nitrogens with two attached hydrogens (primary N) is 1. The summed E-state index contributed by atoms with van der Waals surface area (Å²) in [6, 6.07) is 13.5. The molecule has 1 saturated heterocycles. The number of nitrogens with zero attached hydrogens (tertiary/aromatic N) is 1. The lowest BCUT2D eigenvalue weighted by Gasteiger charge is -2.26. The van der Waals surface area contributed by atoms with Crippen molar-refractivity contribution in [2.75, 3.05) is 13.7 Å². The van der Waals surface area contributed by atoms with Gasteiger partial charge in [0.05, 0.1) is 13.2 Å². The third kappa shape index (κ3) is 3.32. The molecule has 2 N–H and O–H groups in total. The van der Waals surface area contributed by atoms with Crippen molar-refractivity contribution in [1.82, 2.24) is 4.90 Å². The smallest absolute Gasteiger partial charge is 0.254 e. The zero-order chi connectivity index (χ0) is 17.1. The van der Waals surface area contributed by atoms with E-state index in [1.165, 1.54) is 0 Å². The molecule has 126 valence electrons. The van der Waals surface area contributed by atoms with E-state index in [-0.39, 0.29) is 11.9 Å². The van der Waals surface area contributed by atoms with Crippen LogP contribution in [0.3, 0.4) is 0 Å². The van der Waals surface area contributed by atoms with Crippen LogP contribution in [0, 0.1) is 0 Å². The molecule has 0 saturated carbocycles. The molecule has 1 heterocycles. The maximum Gasteiger partial charge on any atom is 0.254 e. The quantitative estimate of drug-likeness (QED) is 0.863. The Hall–Kier alpha value is -1.85. The van der Waals surface area contributed by atoms with E-state index >= 15 is 0 Å². The van der Waals surface area contributed by atoms with Crippen LogP contribution in [0.25, 0.3) is 0 Å². The van der Waals surface area contributed by atoms with Gasteiger partial charge in [-0.2, -0.15) is 0 Å². The number of halogens is 1. The van der Waals surface area contributed by atoms with Crippen LogP contribution < -0.4 is 10.5 Å². The molecule has 5 heteroatoms. The summed E-state index contributed by atoms with van der Waals surface area (Å²) in [4.78, 5) is 14.9. The van der Waals surface area contributed by atoms with E-state index in [0.29, 0.717) is 12.1 Å². The topological polar surface area (TPSA) is 55.6 Å². The number of ether oxygens (including phenoxy) is 1. The zero-order valence-corrected chi connectivity index (χ0v) is 15.3. The predicted octanol–water partition coefficient (Wildman–Crippen LogP) is 3.89. The number of carbonyl (C=O) groups excluding carboxylic acids is 1. The third-order valence-corrected chi connectivity index (χ3v) is 4.99. The minimum Gasteiger partial charge on any atom is -0.496 e. The molecule has 0 spiro atoms. The summed E-state index contributed by atoms with van der Waals surface area (Å²) < 4.78 is 6.49. The molecule has 0 aliphatic carbocycles. The summed E-state index contributed by atoms with van der Waals surface area (Å²) >= 11 is 3.52. The van der Waals surface area contributed by atoms with Crippen LogP contribution in [0.2, 0.25) is 0 Å². The van der Waals surface area contributed by atoms with Crippen LogP contribution in [0.1, 0.15) is 40.4 Å². The molecule has 1 aliphatic rings. The molecular formula is C19H21BrN2O2. The van der Waals surface area contributed by atoms with E-state index < -0.39 is 0 Å².